The lowest BCUT2D eigenvalue weighted by atomic mass is 9.96. The van der Waals surface area contributed by atoms with E-state index >= 15 is 0 Å². The molecular formula is C26H17N5O. The van der Waals surface area contributed by atoms with Crippen LogP contribution in [0.1, 0.15) is 0 Å². The van der Waals surface area contributed by atoms with Crippen LogP contribution in [0.15, 0.2) is 96.2 Å². The maximum atomic E-state index is 13.4. The van der Waals surface area contributed by atoms with Crippen LogP contribution in [0.5, 0.6) is 0 Å². The third-order valence-corrected chi connectivity index (χ3v) is 5.62. The molecule has 0 saturated carbocycles. The predicted octanol–water partition coefficient (Wildman–Crippen LogP) is 5.20. The second kappa shape index (κ2) is 7.28. The van der Waals surface area contributed by atoms with Crippen LogP contribution in [-0.4, -0.2) is 25.1 Å². The van der Waals surface area contributed by atoms with Gasteiger partial charge in [0.05, 0.1) is 27.9 Å². The average Bonchev–Trinajstić information content (AvgIpc) is 3.39. The van der Waals surface area contributed by atoms with E-state index in [2.05, 4.69) is 26.2 Å². The number of rotatable bonds is 3. The zero-order valence-electron chi connectivity index (χ0n) is 16.9. The van der Waals surface area contributed by atoms with Crippen LogP contribution in [0.4, 0.5) is 0 Å². The largest absolute Gasteiger partial charge is 0.345 e. The normalized spacial score (nSPS) is 11.2. The highest BCUT2D eigenvalue weighted by Crippen LogP contribution is 2.34. The van der Waals surface area contributed by atoms with Gasteiger partial charge < -0.3 is 4.98 Å². The second-order valence-electron chi connectivity index (χ2n) is 7.56. The van der Waals surface area contributed by atoms with E-state index in [4.69, 9.17) is 4.98 Å². The lowest BCUT2D eigenvalue weighted by Crippen LogP contribution is -2.08. The zero-order valence-corrected chi connectivity index (χ0v) is 16.9. The number of benzene rings is 2. The summed E-state index contributed by atoms with van der Waals surface area (Å²) in [5.41, 5.74) is 6.22. The lowest BCUT2D eigenvalue weighted by Gasteiger charge is -2.12. The quantitative estimate of drug-likeness (QED) is 0.416. The molecule has 6 aromatic rings. The summed E-state index contributed by atoms with van der Waals surface area (Å²) in [4.78, 5) is 25.9. The number of hydrogen-bond acceptors (Lipinski definition) is 4. The molecule has 152 valence electrons. The first kappa shape index (κ1) is 18.2. The van der Waals surface area contributed by atoms with Crippen LogP contribution in [0.25, 0.3) is 55.6 Å². The summed E-state index contributed by atoms with van der Waals surface area (Å²) in [6.07, 6.45) is 5.09. The van der Waals surface area contributed by atoms with Gasteiger partial charge in [-0.3, -0.25) is 14.9 Å². The molecule has 0 bridgehead atoms. The monoisotopic (exact) mass is 415 g/mol. The van der Waals surface area contributed by atoms with Gasteiger partial charge in [-0.1, -0.05) is 42.5 Å². The van der Waals surface area contributed by atoms with Crippen molar-refractivity contribution in [2.24, 2.45) is 0 Å². The lowest BCUT2D eigenvalue weighted by molar-refractivity contribution is 1.09. The van der Waals surface area contributed by atoms with E-state index in [1.807, 2.05) is 60.7 Å². The van der Waals surface area contributed by atoms with Gasteiger partial charge in [-0.2, -0.15) is 5.10 Å². The van der Waals surface area contributed by atoms with Gasteiger partial charge in [0.15, 0.2) is 5.43 Å². The van der Waals surface area contributed by atoms with Gasteiger partial charge in [-0.05, 0) is 35.9 Å². The fraction of sp³-hybridized carbons (Fsp3) is 0. The van der Waals surface area contributed by atoms with Crippen molar-refractivity contribution in [3.8, 4) is 33.6 Å². The third kappa shape index (κ3) is 2.97. The first-order chi connectivity index (χ1) is 15.8. The molecule has 0 fully saturated rings. The van der Waals surface area contributed by atoms with Gasteiger partial charge in [0.1, 0.15) is 5.65 Å². The van der Waals surface area contributed by atoms with Gasteiger partial charge in [0.2, 0.25) is 0 Å². The van der Waals surface area contributed by atoms with Gasteiger partial charge in [0.25, 0.3) is 0 Å². The van der Waals surface area contributed by atoms with Crippen molar-refractivity contribution >= 4 is 21.9 Å². The maximum absolute atomic E-state index is 13.4. The Morgan fingerprint density at radius 3 is 2.53 bits per heavy atom. The Morgan fingerprint density at radius 2 is 1.69 bits per heavy atom. The molecule has 6 nitrogen and oxygen atoms in total. The first-order valence-electron chi connectivity index (χ1n) is 10.2. The highest BCUT2D eigenvalue weighted by molar-refractivity contribution is 5.94. The minimum atomic E-state index is -0.0983. The van der Waals surface area contributed by atoms with Crippen LogP contribution in [0, 0.1) is 0 Å². The van der Waals surface area contributed by atoms with Gasteiger partial charge in [-0.15, -0.1) is 0 Å². The summed E-state index contributed by atoms with van der Waals surface area (Å²) in [6.45, 7) is 0. The fourth-order valence-electron chi connectivity index (χ4n) is 4.03. The zero-order chi connectivity index (χ0) is 21.5. The number of nitrogens with one attached hydrogen (secondary N) is 2. The third-order valence-electron chi connectivity index (χ3n) is 5.62. The van der Waals surface area contributed by atoms with E-state index in [9.17, 15) is 4.79 Å². The maximum Gasteiger partial charge on any atom is 0.200 e. The molecule has 0 atom stereocenters. The Morgan fingerprint density at radius 1 is 0.781 bits per heavy atom. The van der Waals surface area contributed by atoms with E-state index in [0.717, 1.165) is 33.3 Å². The van der Waals surface area contributed by atoms with E-state index < -0.39 is 0 Å². The molecule has 0 amide bonds. The van der Waals surface area contributed by atoms with Crippen molar-refractivity contribution in [1.82, 2.24) is 25.1 Å². The van der Waals surface area contributed by atoms with Crippen molar-refractivity contribution in [3.63, 3.8) is 0 Å². The summed E-state index contributed by atoms with van der Waals surface area (Å²) in [7, 11) is 0. The van der Waals surface area contributed by atoms with Gasteiger partial charge in [-0.25, -0.2) is 4.98 Å². The minimum Gasteiger partial charge on any atom is -0.345 e. The van der Waals surface area contributed by atoms with Gasteiger partial charge >= 0.3 is 0 Å². The standard InChI is InChI=1S/C26H17N5O/c32-25-20-14-19(17-8-9-22-18(13-17)7-4-11-27-22)24(16-5-2-1-3-6-16)30-26(20)28-15-21(25)23-10-12-29-31-23/h1-15H,(H,29,31)(H,28,30,32). The van der Waals surface area contributed by atoms with Crippen LogP contribution >= 0.6 is 0 Å². The molecule has 0 radical (unpaired) electrons. The summed E-state index contributed by atoms with van der Waals surface area (Å²) in [5, 5.41) is 8.39. The molecule has 4 heterocycles. The molecule has 0 aliphatic heterocycles. The summed E-state index contributed by atoms with van der Waals surface area (Å²) in [5.74, 6) is 0. The van der Waals surface area contributed by atoms with Crippen molar-refractivity contribution in [2.75, 3.05) is 0 Å². The number of hydrogen-bond donors (Lipinski definition) is 2. The molecule has 4 aromatic heterocycles. The highest BCUT2D eigenvalue weighted by atomic mass is 16.1. The van der Waals surface area contributed by atoms with Crippen LogP contribution < -0.4 is 5.43 Å². The number of aromatic nitrogens is 5. The molecule has 6 heteroatoms. The van der Waals surface area contributed by atoms with E-state index in [1.165, 1.54) is 0 Å². The Bertz CT molecular complexity index is 1640. The molecule has 32 heavy (non-hydrogen) atoms. The second-order valence-corrected chi connectivity index (χ2v) is 7.56. The van der Waals surface area contributed by atoms with E-state index in [1.54, 1.807) is 24.7 Å². The first-order valence-corrected chi connectivity index (χ1v) is 10.2. The fourth-order valence-corrected chi connectivity index (χ4v) is 4.03. The highest BCUT2D eigenvalue weighted by Gasteiger charge is 2.16. The summed E-state index contributed by atoms with van der Waals surface area (Å²) >= 11 is 0. The molecule has 2 aromatic carbocycles. The Balaban J connectivity index is 1.66. The number of aromatic amines is 2. The van der Waals surface area contributed by atoms with Crippen LogP contribution in [0.3, 0.4) is 0 Å². The molecule has 0 aliphatic carbocycles. The van der Waals surface area contributed by atoms with Crippen LogP contribution in [0.2, 0.25) is 0 Å². The average molecular weight is 415 g/mol. The predicted molar refractivity (Wildman–Crippen MR) is 126 cm³/mol. The molecule has 0 unspecified atom stereocenters. The molecule has 2 N–H and O–H groups in total. The SMILES string of the molecule is O=c1c(-c2ccn[nH]2)c[nH]c2nc(-c3ccccc3)c(-c3ccc4ncccc4c3)cc12. The Labute approximate surface area is 182 Å². The van der Waals surface area contributed by atoms with Crippen molar-refractivity contribution in [1.29, 1.82) is 0 Å². The van der Waals surface area contributed by atoms with E-state index in [0.29, 0.717) is 22.3 Å². The molecule has 0 spiro atoms. The van der Waals surface area contributed by atoms with Crippen molar-refractivity contribution in [2.45, 2.75) is 0 Å². The minimum absolute atomic E-state index is 0.0983. The summed E-state index contributed by atoms with van der Waals surface area (Å²) in [6, 6.07) is 23.8. The number of nitrogens with zero attached hydrogens (tertiary/aromatic N) is 3. The number of H-pyrrole nitrogens is 2. The van der Waals surface area contributed by atoms with Crippen molar-refractivity contribution < 1.29 is 0 Å². The molecule has 0 aliphatic rings. The van der Waals surface area contributed by atoms with Gasteiger partial charge in [0, 0.05) is 35.1 Å². The molecular weight excluding hydrogens is 398 g/mol. The van der Waals surface area contributed by atoms with Crippen molar-refractivity contribution in [3.05, 3.63) is 102 Å². The smallest absolute Gasteiger partial charge is 0.200 e. The molecule has 6 rings (SSSR count). The topological polar surface area (TPSA) is 87.3 Å². The Hall–Kier alpha value is -4.58. The van der Waals surface area contributed by atoms with Crippen LogP contribution in [-0.2, 0) is 0 Å². The number of pyridine rings is 3. The number of fused-ring (bicyclic) bond motifs is 2. The Kier molecular flexibility index (Phi) is 4.14. The molecule has 0 saturated heterocycles. The van der Waals surface area contributed by atoms with E-state index in [-0.39, 0.29) is 5.43 Å². The summed E-state index contributed by atoms with van der Waals surface area (Å²) < 4.78 is 0.